The maximum atomic E-state index is 13.5. The molecular formula is C22H25ClFN5. The molecule has 2 heterocycles. The molecule has 0 radical (unpaired) electrons. The van der Waals surface area contributed by atoms with E-state index >= 15 is 0 Å². The molecule has 1 fully saturated rings. The van der Waals surface area contributed by atoms with E-state index in [1.54, 1.807) is 30.8 Å². The Morgan fingerprint density at radius 2 is 2.17 bits per heavy atom. The van der Waals surface area contributed by atoms with Gasteiger partial charge in [-0.2, -0.15) is 0 Å². The van der Waals surface area contributed by atoms with Gasteiger partial charge in [-0.15, -0.1) is 0 Å². The summed E-state index contributed by atoms with van der Waals surface area (Å²) < 4.78 is 13.5. The molecular weight excluding hydrogens is 389 g/mol. The van der Waals surface area contributed by atoms with E-state index in [0.29, 0.717) is 11.5 Å². The molecule has 0 saturated carbocycles. The summed E-state index contributed by atoms with van der Waals surface area (Å²) >= 11 is 6.30. The molecule has 1 aromatic rings. The van der Waals surface area contributed by atoms with Crippen molar-refractivity contribution in [2.75, 3.05) is 24.5 Å². The Bertz CT molecular complexity index is 916. The van der Waals surface area contributed by atoms with Crippen LogP contribution in [-0.4, -0.2) is 46.8 Å². The third-order valence-corrected chi connectivity index (χ3v) is 5.19. The second-order valence-electron chi connectivity index (χ2n) is 6.85. The molecule has 1 unspecified atom stereocenters. The number of rotatable bonds is 5. The first-order chi connectivity index (χ1) is 14.0. The second kappa shape index (κ2) is 9.65. The quantitative estimate of drug-likeness (QED) is 0.510. The highest BCUT2D eigenvalue weighted by molar-refractivity contribution is 6.31. The van der Waals surface area contributed by atoms with Gasteiger partial charge in [0.25, 0.3) is 0 Å². The van der Waals surface area contributed by atoms with Crippen LogP contribution in [0.25, 0.3) is 5.57 Å². The van der Waals surface area contributed by atoms with Gasteiger partial charge in [-0.25, -0.2) is 19.4 Å². The van der Waals surface area contributed by atoms with E-state index in [4.69, 9.17) is 11.6 Å². The molecule has 0 spiro atoms. The third kappa shape index (κ3) is 5.01. The second-order valence-corrected chi connectivity index (χ2v) is 7.26. The molecule has 29 heavy (non-hydrogen) atoms. The molecule has 1 aromatic heterocycles. The number of hydrogen-bond donors (Lipinski definition) is 0. The summed E-state index contributed by atoms with van der Waals surface area (Å²) in [5.41, 5.74) is 1.64. The smallest absolute Gasteiger partial charge is 0.147 e. The van der Waals surface area contributed by atoms with Gasteiger partial charge in [-0.1, -0.05) is 36.4 Å². The van der Waals surface area contributed by atoms with Crippen LogP contribution in [0.2, 0.25) is 0 Å². The zero-order chi connectivity index (χ0) is 20.8. The average molecular weight is 414 g/mol. The topological polar surface area (TPSA) is 44.6 Å². The fraction of sp³-hybridized carbons (Fsp3) is 0.318. The molecule has 1 atom stereocenters. The molecule has 7 heteroatoms. The lowest BCUT2D eigenvalue weighted by molar-refractivity contribution is 0.280. The summed E-state index contributed by atoms with van der Waals surface area (Å²) in [4.78, 5) is 17.7. The van der Waals surface area contributed by atoms with Gasteiger partial charge in [-0.3, -0.25) is 0 Å². The Morgan fingerprint density at radius 1 is 1.34 bits per heavy atom. The van der Waals surface area contributed by atoms with Gasteiger partial charge in [0.2, 0.25) is 0 Å². The molecule has 3 rings (SSSR count). The molecule has 1 aliphatic heterocycles. The van der Waals surface area contributed by atoms with Gasteiger partial charge in [-0.05, 0) is 26.0 Å². The number of aromatic nitrogens is 2. The van der Waals surface area contributed by atoms with Crippen LogP contribution < -0.4 is 4.90 Å². The van der Waals surface area contributed by atoms with Crippen molar-refractivity contribution >= 4 is 29.2 Å². The lowest BCUT2D eigenvalue weighted by Crippen LogP contribution is -2.51. The summed E-state index contributed by atoms with van der Waals surface area (Å²) in [6.45, 7) is 10.0. The van der Waals surface area contributed by atoms with Crippen LogP contribution in [0.3, 0.4) is 0 Å². The van der Waals surface area contributed by atoms with Crippen molar-refractivity contribution in [1.82, 2.24) is 14.9 Å². The standard InChI is InChI=1S/C22H25ClFN5/c1-4-19(23)22(25-5-2)28-11-12-29(16(3)14-28)21-13-20(26-15-27-21)17-7-6-8-18(24)10-9-17/h4-7,9-10,13,15-16H,1,8,11-12,14H2,2-3H3/b22-19-,25-5-. The summed E-state index contributed by atoms with van der Waals surface area (Å²) in [6, 6.07) is 2.15. The van der Waals surface area contributed by atoms with Crippen LogP contribution in [0.4, 0.5) is 10.2 Å². The van der Waals surface area contributed by atoms with E-state index in [0.717, 1.165) is 42.5 Å². The minimum absolute atomic E-state index is 0.160. The lowest BCUT2D eigenvalue weighted by atomic mass is 10.1. The van der Waals surface area contributed by atoms with Crippen molar-refractivity contribution in [3.63, 3.8) is 0 Å². The Labute approximate surface area is 176 Å². The van der Waals surface area contributed by atoms with Crippen LogP contribution in [-0.2, 0) is 0 Å². The first-order valence-corrected chi connectivity index (χ1v) is 9.99. The van der Waals surface area contributed by atoms with Crippen molar-refractivity contribution in [2.24, 2.45) is 4.99 Å². The highest BCUT2D eigenvalue weighted by Crippen LogP contribution is 2.26. The van der Waals surface area contributed by atoms with Crippen LogP contribution in [0.1, 0.15) is 26.0 Å². The number of allylic oxidation sites excluding steroid dienone is 8. The highest BCUT2D eigenvalue weighted by atomic mass is 35.5. The van der Waals surface area contributed by atoms with Gasteiger partial charge in [0, 0.05) is 50.0 Å². The first-order valence-electron chi connectivity index (χ1n) is 9.61. The zero-order valence-corrected chi connectivity index (χ0v) is 17.5. The lowest BCUT2D eigenvalue weighted by Gasteiger charge is -2.41. The van der Waals surface area contributed by atoms with Crippen molar-refractivity contribution in [3.8, 4) is 0 Å². The van der Waals surface area contributed by atoms with Crippen molar-refractivity contribution in [1.29, 1.82) is 0 Å². The van der Waals surface area contributed by atoms with Gasteiger partial charge in [0.05, 0.1) is 10.7 Å². The fourth-order valence-corrected chi connectivity index (χ4v) is 3.60. The minimum Gasteiger partial charge on any atom is -0.352 e. The van der Waals surface area contributed by atoms with E-state index < -0.39 is 0 Å². The Morgan fingerprint density at radius 3 is 2.90 bits per heavy atom. The fourth-order valence-electron chi connectivity index (χ4n) is 3.43. The van der Waals surface area contributed by atoms with Crippen molar-refractivity contribution < 1.29 is 4.39 Å². The third-order valence-electron chi connectivity index (χ3n) is 4.87. The van der Waals surface area contributed by atoms with Crippen LogP contribution >= 0.6 is 11.6 Å². The van der Waals surface area contributed by atoms with E-state index in [-0.39, 0.29) is 11.9 Å². The number of nitrogens with zero attached hydrogens (tertiary/aromatic N) is 5. The van der Waals surface area contributed by atoms with E-state index in [2.05, 4.69) is 38.3 Å². The minimum atomic E-state index is -0.160. The number of aliphatic imine (C=N–C) groups is 1. The molecule has 0 amide bonds. The Kier molecular flexibility index (Phi) is 6.99. The maximum absolute atomic E-state index is 13.5. The predicted molar refractivity (Wildman–Crippen MR) is 119 cm³/mol. The summed E-state index contributed by atoms with van der Waals surface area (Å²) in [7, 11) is 0. The Balaban J connectivity index is 1.80. The van der Waals surface area contributed by atoms with Gasteiger partial charge in [0.15, 0.2) is 0 Å². The normalized spacial score (nSPS) is 20.9. The Hall–Kier alpha value is -2.73. The van der Waals surface area contributed by atoms with Gasteiger partial charge in [0.1, 0.15) is 23.8 Å². The molecule has 152 valence electrons. The van der Waals surface area contributed by atoms with E-state index in [9.17, 15) is 4.39 Å². The van der Waals surface area contributed by atoms with Crippen molar-refractivity contribution in [2.45, 2.75) is 26.3 Å². The summed E-state index contributed by atoms with van der Waals surface area (Å²) in [6.07, 6.45) is 12.2. The molecule has 0 bridgehead atoms. The zero-order valence-electron chi connectivity index (χ0n) is 16.7. The van der Waals surface area contributed by atoms with Crippen LogP contribution in [0, 0.1) is 0 Å². The monoisotopic (exact) mass is 413 g/mol. The number of anilines is 1. The molecule has 0 aromatic carbocycles. The van der Waals surface area contributed by atoms with E-state index in [1.165, 1.54) is 6.08 Å². The molecule has 2 aliphatic rings. The molecule has 0 N–H and O–H groups in total. The highest BCUT2D eigenvalue weighted by Gasteiger charge is 2.27. The SMILES string of the molecule is C=C/C(Cl)=C(\N=C/C)N1CCN(c2cc(C3=CC=C(F)CC=C3)ncn2)C(C)C1. The average Bonchev–Trinajstić information content (AvgIpc) is 2.96. The van der Waals surface area contributed by atoms with Crippen LogP contribution in [0.15, 0.2) is 71.0 Å². The molecule has 1 aliphatic carbocycles. The number of piperazine rings is 1. The molecule has 1 saturated heterocycles. The van der Waals surface area contributed by atoms with Crippen LogP contribution in [0.5, 0.6) is 0 Å². The summed E-state index contributed by atoms with van der Waals surface area (Å²) in [5.74, 6) is 1.43. The molecule has 5 nitrogen and oxygen atoms in total. The number of hydrogen-bond acceptors (Lipinski definition) is 5. The predicted octanol–water partition coefficient (Wildman–Crippen LogP) is 4.87. The van der Waals surface area contributed by atoms with Gasteiger partial charge >= 0.3 is 0 Å². The number of halogens is 2. The maximum Gasteiger partial charge on any atom is 0.147 e. The largest absolute Gasteiger partial charge is 0.352 e. The first kappa shape index (κ1) is 21.0. The van der Waals surface area contributed by atoms with Crippen molar-refractivity contribution in [3.05, 3.63) is 71.7 Å². The summed E-state index contributed by atoms with van der Waals surface area (Å²) in [5, 5.41) is 0.542. The van der Waals surface area contributed by atoms with E-state index in [1.807, 2.05) is 19.1 Å². The van der Waals surface area contributed by atoms with Gasteiger partial charge < -0.3 is 9.80 Å².